The van der Waals surface area contributed by atoms with Gasteiger partial charge in [-0.05, 0) is 35.6 Å². The molecule has 0 aliphatic rings. The summed E-state index contributed by atoms with van der Waals surface area (Å²) in [6, 6.07) is 9.47. The second-order valence-corrected chi connectivity index (χ2v) is 8.30. The van der Waals surface area contributed by atoms with Gasteiger partial charge in [-0.2, -0.15) is 8.78 Å². The summed E-state index contributed by atoms with van der Waals surface area (Å²) in [5.41, 5.74) is 0.985. The maximum atomic E-state index is 12.6. The van der Waals surface area contributed by atoms with E-state index in [1.807, 2.05) is 16.7 Å². The molecule has 2 heterocycles. The second kappa shape index (κ2) is 9.38. The van der Waals surface area contributed by atoms with Gasteiger partial charge in [0.1, 0.15) is 12.1 Å². The molecule has 138 valence electrons. The van der Waals surface area contributed by atoms with Crippen LogP contribution in [0.1, 0.15) is 10.4 Å². The zero-order valence-electron chi connectivity index (χ0n) is 14.0. The lowest BCUT2D eigenvalue weighted by Crippen LogP contribution is -2.01. The van der Waals surface area contributed by atoms with Gasteiger partial charge in [0, 0.05) is 17.2 Å². The van der Waals surface area contributed by atoms with Crippen LogP contribution in [0.5, 0.6) is 5.75 Å². The summed E-state index contributed by atoms with van der Waals surface area (Å²) < 4.78 is 32.4. The summed E-state index contributed by atoms with van der Waals surface area (Å²) in [6.45, 7) is 0.823. The van der Waals surface area contributed by atoms with E-state index in [0.29, 0.717) is 28.2 Å². The monoisotopic (exact) mass is 413 g/mol. The average molecular weight is 414 g/mol. The van der Waals surface area contributed by atoms with E-state index in [4.69, 9.17) is 4.74 Å². The number of ether oxygens (including phenoxy) is 1. The molecule has 0 unspecified atom stereocenters. The minimum absolute atomic E-state index is 0.440. The van der Waals surface area contributed by atoms with E-state index in [9.17, 15) is 8.78 Å². The van der Waals surface area contributed by atoms with E-state index in [-0.39, 0.29) is 0 Å². The molecule has 0 fully saturated rings. The summed E-state index contributed by atoms with van der Waals surface area (Å²) in [5, 5.41) is 11.1. The summed E-state index contributed by atoms with van der Waals surface area (Å²) in [5.74, 6) is -1.34. The first kappa shape index (κ1) is 19.2. The number of rotatable bonds is 9. The Morgan fingerprint density at radius 3 is 2.92 bits per heavy atom. The van der Waals surface area contributed by atoms with Crippen molar-refractivity contribution in [3.63, 3.8) is 0 Å². The molecule has 0 saturated carbocycles. The van der Waals surface area contributed by atoms with Gasteiger partial charge in [0.2, 0.25) is 0 Å². The highest BCUT2D eigenvalue weighted by molar-refractivity contribution is 7.99. The highest BCUT2D eigenvalue weighted by Crippen LogP contribution is 2.35. The predicted molar refractivity (Wildman–Crippen MR) is 102 cm³/mol. The standard InChI is InChI=1S/C17H17F2N3OS3/c1-23-14-9-12(4-5-15(14)26-16(18)19)10-25-17-21-20-11-22(17)7-6-13-3-2-8-24-13/h2-5,8-9,11,16H,6-7,10H2,1H3. The summed E-state index contributed by atoms with van der Waals surface area (Å²) in [4.78, 5) is 1.77. The predicted octanol–water partition coefficient (Wildman–Crippen LogP) is 5.20. The molecule has 0 aliphatic carbocycles. The third kappa shape index (κ3) is 5.21. The van der Waals surface area contributed by atoms with Gasteiger partial charge < -0.3 is 9.30 Å². The maximum absolute atomic E-state index is 12.6. The molecule has 0 spiro atoms. The van der Waals surface area contributed by atoms with Crippen molar-refractivity contribution < 1.29 is 13.5 Å². The molecule has 4 nitrogen and oxygen atoms in total. The number of aromatic nitrogens is 3. The van der Waals surface area contributed by atoms with Crippen LogP contribution in [0.3, 0.4) is 0 Å². The van der Waals surface area contributed by atoms with Crippen LogP contribution in [-0.2, 0) is 18.7 Å². The number of halogens is 2. The molecule has 3 rings (SSSR count). The first-order chi connectivity index (χ1) is 12.7. The number of hydrogen-bond acceptors (Lipinski definition) is 6. The Kier molecular flexibility index (Phi) is 6.93. The third-order valence-corrected chi connectivity index (χ3v) is 6.33. The fourth-order valence-electron chi connectivity index (χ4n) is 2.34. The minimum atomic E-state index is -2.47. The largest absolute Gasteiger partial charge is 0.496 e. The fourth-order valence-corrected chi connectivity index (χ4v) is 4.52. The van der Waals surface area contributed by atoms with E-state index >= 15 is 0 Å². The molecule has 1 aromatic carbocycles. The lowest BCUT2D eigenvalue weighted by atomic mass is 10.2. The molecule has 9 heteroatoms. The number of hydrogen-bond donors (Lipinski definition) is 0. The number of aryl methyl sites for hydroxylation is 2. The van der Waals surface area contributed by atoms with Gasteiger partial charge in [-0.15, -0.1) is 21.5 Å². The van der Waals surface area contributed by atoms with Crippen molar-refractivity contribution in [2.24, 2.45) is 0 Å². The van der Waals surface area contributed by atoms with Crippen molar-refractivity contribution in [1.29, 1.82) is 0 Å². The van der Waals surface area contributed by atoms with Crippen LogP contribution in [-0.4, -0.2) is 27.6 Å². The topological polar surface area (TPSA) is 39.9 Å². The number of methoxy groups -OCH3 is 1. The molecular formula is C17H17F2N3OS3. The van der Waals surface area contributed by atoms with Gasteiger partial charge in [-0.3, -0.25) is 0 Å². The van der Waals surface area contributed by atoms with Gasteiger partial charge >= 0.3 is 0 Å². The van der Waals surface area contributed by atoms with Gasteiger partial charge in [-0.1, -0.05) is 35.7 Å². The first-order valence-electron chi connectivity index (χ1n) is 7.80. The van der Waals surface area contributed by atoms with Gasteiger partial charge in [0.05, 0.1) is 12.0 Å². The van der Waals surface area contributed by atoms with Crippen LogP contribution in [0.15, 0.2) is 52.1 Å². The number of thiophene rings is 1. The minimum Gasteiger partial charge on any atom is -0.496 e. The Morgan fingerprint density at radius 1 is 1.31 bits per heavy atom. The van der Waals surface area contributed by atoms with Crippen molar-refractivity contribution >= 4 is 34.9 Å². The Balaban J connectivity index is 1.61. The molecule has 0 N–H and O–H groups in total. The highest BCUT2D eigenvalue weighted by atomic mass is 32.2. The smallest absolute Gasteiger partial charge is 0.289 e. The van der Waals surface area contributed by atoms with E-state index in [0.717, 1.165) is 23.7 Å². The van der Waals surface area contributed by atoms with E-state index < -0.39 is 5.76 Å². The number of benzene rings is 1. The normalized spacial score (nSPS) is 11.2. The Labute approximate surface area is 163 Å². The molecule has 0 atom stereocenters. The van der Waals surface area contributed by atoms with Crippen molar-refractivity contribution in [2.75, 3.05) is 7.11 Å². The van der Waals surface area contributed by atoms with Crippen molar-refractivity contribution in [2.45, 2.75) is 34.5 Å². The molecule has 0 bridgehead atoms. The van der Waals surface area contributed by atoms with E-state index in [2.05, 4.69) is 21.6 Å². The maximum Gasteiger partial charge on any atom is 0.289 e. The lowest BCUT2D eigenvalue weighted by Gasteiger charge is -2.10. The Hall–Kier alpha value is -1.58. The summed E-state index contributed by atoms with van der Waals surface area (Å²) in [6.07, 6.45) is 2.68. The molecular weight excluding hydrogens is 396 g/mol. The zero-order chi connectivity index (χ0) is 18.4. The van der Waals surface area contributed by atoms with Gasteiger partial charge in [-0.25, -0.2) is 0 Å². The van der Waals surface area contributed by atoms with Gasteiger partial charge in [0.25, 0.3) is 5.76 Å². The Bertz CT molecular complexity index is 825. The van der Waals surface area contributed by atoms with E-state index in [1.54, 1.807) is 41.6 Å². The summed E-state index contributed by atoms with van der Waals surface area (Å²) >= 11 is 3.80. The Morgan fingerprint density at radius 2 is 2.19 bits per heavy atom. The second-order valence-electron chi connectivity index (χ2n) is 5.29. The number of thioether (sulfide) groups is 2. The lowest BCUT2D eigenvalue weighted by molar-refractivity contribution is 0.251. The van der Waals surface area contributed by atoms with Crippen LogP contribution in [0, 0.1) is 0 Å². The van der Waals surface area contributed by atoms with Crippen LogP contribution < -0.4 is 4.74 Å². The molecule has 26 heavy (non-hydrogen) atoms. The van der Waals surface area contributed by atoms with Crippen LogP contribution >= 0.6 is 34.9 Å². The van der Waals surface area contributed by atoms with Crippen LogP contribution in [0.4, 0.5) is 8.78 Å². The SMILES string of the molecule is COc1cc(CSc2nncn2CCc2cccs2)ccc1SC(F)F. The third-order valence-electron chi connectivity index (χ3n) is 3.57. The zero-order valence-corrected chi connectivity index (χ0v) is 16.4. The van der Waals surface area contributed by atoms with Gasteiger partial charge in [0.15, 0.2) is 5.16 Å². The van der Waals surface area contributed by atoms with Crippen molar-refractivity contribution in [3.05, 3.63) is 52.5 Å². The first-order valence-corrected chi connectivity index (χ1v) is 10.5. The van der Waals surface area contributed by atoms with E-state index in [1.165, 1.54) is 12.0 Å². The molecule has 2 aromatic heterocycles. The van der Waals surface area contributed by atoms with Crippen molar-refractivity contribution in [1.82, 2.24) is 14.8 Å². The molecule has 3 aromatic rings. The number of nitrogens with zero attached hydrogens (tertiary/aromatic N) is 3. The van der Waals surface area contributed by atoms with Crippen LogP contribution in [0.25, 0.3) is 0 Å². The average Bonchev–Trinajstić information content (AvgIpc) is 3.30. The van der Waals surface area contributed by atoms with Crippen LogP contribution in [0.2, 0.25) is 0 Å². The summed E-state index contributed by atoms with van der Waals surface area (Å²) in [7, 11) is 1.49. The quantitative estimate of drug-likeness (QED) is 0.451. The molecule has 0 saturated heterocycles. The number of alkyl halides is 2. The molecule has 0 radical (unpaired) electrons. The highest BCUT2D eigenvalue weighted by Gasteiger charge is 2.12. The van der Waals surface area contributed by atoms with Crippen molar-refractivity contribution in [3.8, 4) is 5.75 Å². The fraction of sp³-hybridized carbons (Fsp3) is 0.294. The molecule has 0 amide bonds. The molecule has 0 aliphatic heterocycles.